The Morgan fingerprint density at radius 2 is 1.64 bits per heavy atom. The SMILES string of the molecule is O=C(N[C@@H](CO)C(=O)N1CCc2c([nH]c3ccccc23)C1)c1ccc(-c2ccccc2)cc1. The van der Waals surface area contributed by atoms with Crippen LogP contribution in [0.2, 0.25) is 0 Å². The van der Waals surface area contributed by atoms with Gasteiger partial charge in [0.15, 0.2) is 0 Å². The zero-order valence-corrected chi connectivity index (χ0v) is 18.1. The molecule has 0 spiro atoms. The fourth-order valence-electron chi connectivity index (χ4n) is 4.47. The van der Waals surface area contributed by atoms with Crippen LogP contribution in [-0.2, 0) is 17.8 Å². The molecule has 6 nitrogen and oxygen atoms in total. The molecule has 33 heavy (non-hydrogen) atoms. The molecular formula is C27H25N3O3. The molecule has 0 aliphatic carbocycles. The van der Waals surface area contributed by atoms with E-state index in [0.717, 1.165) is 28.8 Å². The van der Waals surface area contributed by atoms with E-state index >= 15 is 0 Å². The summed E-state index contributed by atoms with van der Waals surface area (Å²) in [6.07, 6.45) is 0.734. The lowest BCUT2D eigenvalue weighted by Crippen LogP contribution is -2.51. The molecule has 0 fully saturated rings. The highest BCUT2D eigenvalue weighted by atomic mass is 16.3. The molecule has 1 aliphatic heterocycles. The van der Waals surface area contributed by atoms with Crippen LogP contribution in [0.25, 0.3) is 22.0 Å². The third-order valence-corrected chi connectivity index (χ3v) is 6.23. The first-order valence-corrected chi connectivity index (χ1v) is 11.1. The second-order valence-electron chi connectivity index (χ2n) is 8.29. The van der Waals surface area contributed by atoms with Crippen LogP contribution in [0.4, 0.5) is 0 Å². The summed E-state index contributed by atoms with van der Waals surface area (Å²) in [6, 6.07) is 24.2. The first-order valence-electron chi connectivity index (χ1n) is 11.1. The number of aliphatic hydroxyl groups is 1. The Kier molecular flexibility index (Phi) is 5.67. The minimum atomic E-state index is -0.989. The normalized spacial score (nSPS) is 14.0. The highest BCUT2D eigenvalue weighted by Crippen LogP contribution is 2.27. The molecule has 5 rings (SSSR count). The Labute approximate surface area is 191 Å². The second-order valence-corrected chi connectivity index (χ2v) is 8.29. The van der Waals surface area contributed by atoms with Crippen LogP contribution in [0.1, 0.15) is 21.6 Å². The van der Waals surface area contributed by atoms with Crippen molar-refractivity contribution in [1.29, 1.82) is 0 Å². The predicted octanol–water partition coefficient (Wildman–Crippen LogP) is 3.51. The predicted molar refractivity (Wildman–Crippen MR) is 128 cm³/mol. The van der Waals surface area contributed by atoms with Gasteiger partial charge in [-0.2, -0.15) is 0 Å². The summed E-state index contributed by atoms with van der Waals surface area (Å²) in [5.41, 5.74) is 5.81. The molecule has 2 amide bonds. The number of nitrogens with zero attached hydrogens (tertiary/aromatic N) is 1. The summed E-state index contributed by atoms with van der Waals surface area (Å²) in [6.45, 7) is 0.523. The number of aliphatic hydroxyl groups excluding tert-OH is 1. The van der Waals surface area contributed by atoms with E-state index in [1.54, 1.807) is 17.0 Å². The van der Waals surface area contributed by atoms with Gasteiger partial charge in [-0.3, -0.25) is 9.59 Å². The van der Waals surface area contributed by atoms with E-state index in [1.807, 2.05) is 60.7 Å². The van der Waals surface area contributed by atoms with Gasteiger partial charge < -0.3 is 20.3 Å². The van der Waals surface area contributed by atoms with E-state index in [1.165, 1.54) is 10.9 Å². The molecule has 3 aromatic carbocycles. The number of hydrogen-bond acceptors (Lipinski definition) is 3. The van der Waals surface area contributed by atoms with Gasteiger partial charge in [0, 0.05) is 28.7 Å². The van der Waals surface area contributed by atoms with Crippen molar-refractivity contribution in [1.82, 2.24) is 15.2 Å². The largest absolute Gasteiger partial charge is 0.394 e. The second kappa shape index (κ2) is 8.92. The lowest BCUT2D eigenvalue weighted by molar-refractivity contribution is -0.135. The van der Waals surface area contributed by atoms with Crippen molar-refractivity contribution in [3.05, 3.63) is 95.7 Å². The first-order chi connectivity index (χ1) is 16.1. The van der Waals surface area contributed by atoms with E-state index in [-0.39, 0.29) is 11.8 Å². The van der Waals surface area contributed by atoms with E-state index in [9.17, 15) is 14.7 Å². The first kappa shape index (κ1) is 21.0. The number of aromatic nitrogens is 1. The number of amides is 2. The maximum absolute atomic E-state index is 13.1. The van der Waals surface area contributed by atoms with Gasteiger partial charge in [-0.1, -0.05) is 60.7 Å². The smallest absolute Gasteiger partial charge is 0.251 e. The van der Waals surface area contributed by atoms with E-state index < -0.39 is 12.6 Å². The molecular weight excluding hydrogens is 414 g/mol. The molecule has 1 atom stereocenters. The standard InChI is InChI=1S/C27H25N3O3/c31-17-25(29-26(32)20-12-10-19(11-13-20)18-6-2-1-3-7-18)27(33)30-15-14-22-21-8-4-5-9-23(21)28-24(22)16-30/h1-13,25,28,31H,14-17H2,(H,29,32)/t25-/m0/s1. The van der Waals surface area contributed by atoms with Crippen molar-refractivity contribution in [3.8, 4) is 11.1 Å². The molecule has 0 bridgehead atoms. The highest BCUT2D eigenvalue weighted by molar-refractivity contribution is 5.98. The Hall–Kier alpha value is -3.90. The number of H-pyrrole nitrogens is 1. The topological polar surface area (TPSA) is 85.4 Å². The summed E-state index contributed by atoms with van der Waals surface area (Å²) in [7, 11) is 0. The maximum Gasteiger partial charge on any atom is 0.251 e. The number of rotatable bonds is 5. The third-order valence-electron chi connectivity index (χ3n) is 6.23. The molecule has 0 saturated heterocycles. The van der Waals surface area contributed by atoms with Crippen molar-refractivity contribution >= 4 is 22.7 Å². The number of nitrogens with one attached hydrogen (secondary N) is 2. The lowest BCUT2D eigenvalue weighted by atomic mass is 10.0. The Morgan fingerprint density at radius 3 is 2.39 bits per heavy atom. The molecule has 2 heterocycles. The summed E-state index contributed by atoms with van der Waals surface area (Å²) < 4.78 is 0. The van der Waals surface area contributed by atoms with Crippen molar-refractivity contribution < 1.29 is 14.7 Å². The third kappa shape index (κ3) is 4.13. The van der Waals surface area contributed by atoms with Gasteiger partial charge in [0.1, 0.15) is 6.04 Å². The molecule has 166 valence electrons. The van der Waals surface area contributed by atoms with Gasteiger partial charge >= 0.3 is 0 Å². The molecule has 0 saturated carbocycles. The monoisotopic (exact) mass is 439 g/mol. The van der Waals surface area contributed by atoms with Gasteiger partial charge in [0.2, 0.25) is 5.91 Å². The van der Waals surface area contributed by atoms with Gasteiger partial charge in [0.25, 0.3) is 5.91 Å². The number of carbonyl (C=O) groups excluding carboxylic acids is 2. The number of carbonyl (C=O) groups is 2. The number of para-hydroxylation sites is 1. The van der Waals surface area contributed by atoms with Gasteiger partial charge in [-0.05, 0) is 41.3 Å². The summed E-state index contributed by atoms with van der Waals surface area (Å²) in [5, 5.41) is 13.7. The van der Waals surface area contributed by atoms with Crippen LogP contribution < -0.4 is 5.32 Å². The highest BCUT2D eigenvalue weighted by Gasteiger charge is 2.29. The molecule has 0 unspecified atom stereocenters. The van der Waals surface area contributed by atoms with Crippen LogP contribution in [0.3, 0.4) is 0 Å². The lowest BCUT2D eigenvalue weighted by Gasteiger charge is -2.30. The zero-order chi connectivity index (χ0) is 22.8. The van der Waals surface area contributed by atoms with Gasteiger partial charge in [-0.15, -0.1) is 0 Å². The summed E-state index contributed by atoms with van der Waals surface area (Å²) in [5.74, 6) is -0.665. The maximum atomic E-state index is 13.1. The van der Waals surface area contributed by atoms with E-state index in [2.05, 4.69) is 16.4 Å². The van der Waals surface area contributed by atoms with Crippen molar-refractivity contribution in [2.24, 2.45) is 0 Å². The fraction of sp³-hybridized carbons (Fsp3) is 0.185. The molecule has 1 aromatic heterocycles. The number of benzene rings is 3. The van der Waals surface area contributed by atoms with Crippen LogP contribution in [0, 0.1) is 0 Å². The van der Waals surface area contributed by atoms with Crippen molar-refractivity contribution in [2.45, 2.75) is 19.0 Å². The minimum absolute atomic E-state index is 0.281. The zero-order valence-electron chi connectivity index (χ0n) is 18.1. The number of hydrogen-bond donors (Lipinski definition) is 3. The van der Waals surface area contributed by atoms with Crippen molar-refractivity contribution in [2.75, 3.05) is 13.2 Å². The molecule has 1 aliphatic rings. The number of fused-ring (bicyclic) bond motifs is 3. The fourth-order valence-corrected chi connectivity index (χ4v) is 4.47. The van der Waals surface area contributed by atoms with E-state index in [4.69, 9.17) is 0 Å². The molecule has 3 N–H and O–H groups in total. The van der Waals surface area contributed by atoms with Gasteiger partial charge in [0.05, 0.1) is 13.2 Å². The summed E-state index contributed by atoms with van der Waals surface area (Å²) >= 11 is 0. The van der Waals surface area contributed by atoms with Crippen LogP contribution in [0.15, 0.2) is 78.9 Å². The molecule has 4 aromatic rings. The van der Waals surface area contributed by atoms with Gasteiger partial charge in [-0.25, -0.2) is 0 Å². The Morgan fingerprint density at radius 1 is 0.939 bits per heavy atom. The van der Waals surface area contributed by atoms with Crippen LogP contribution in [-0.4, -0.2) is 46.0 Å². The Bertz CT molecular complexity index is 1300. The van der Waals surface area contributed by atoms with Crippen LogP contribution >= 0.6 is 0 Å². The minimum Gasteiger partial charge on any atom is -0.394 e. The van der Waals surface area contributed by atoms with Crippen molar-refractivity contribution in [3.63, 3.8) is 0 Å². The average Bonchev–Trinajstić information content (AvgIpc) is 3.25. The van der Waals surface area contributed by atoms with Crippen LogP contribution in [0.5, 0.6) is 0 Å². The quantitative estimate of drug-likeness (QED) is 0.445. The molecule has 6 heteroatoms. The molecule has 0 radical (unpaired) electrons. The summed E-state index contributed by atoms with van der Waals surface area (Å²) in [4.78, 5) is 31.0. The van der Waals surface area contributed by atoms with E-state index in [0.29, 0.717) is 18.7 Å². The Balaban J connectivity index is 1.27. The number of aromatic amines is 1. The average molecular weight is 440 g/mol.